The molecule has 0 saturated carbocycles. The van der Waals surface area contributed by atoms with Gasteiger partial charge in [0.05, 0.1) is 10.7 Å². The molecule has 0 bridgehead atoms. The lowest BCUT2D eigenvalue weighted by molar-refractivity contribution is -0.198. The number of hydrogen-bond donors (Lipinski definition) is 1. The first-order valence-corrected chi connectivity index (χ1v) is 4.54. The van der Waals surface area contributed by atoms with E-state index in [4.69, 9.17) is 17.3 Å². The third kappa shape index (κ3) is 3.07. The first-order valence-electron chi connectivity index (χ1n) is 3.73. The molecule has 0 unspecified atom stereocenters. The molecule has 0 aliphatic heterocycles. The highest BCUT2D eigenvalue weighted by Crippen LogP contribution is 2.31. The van der Waals surface area contributed by atoms with Crippen molar-refractivity contribution in [3.05, 3.63) is 23.2 Å². The fourth-order valence-electron chi connectivity index (χ4n) is 0.787. The highest BCUT2D eigenvalue weighted by Gasteiger charge is 2.42. The van der Waals surface area contributed by atoms with Gasteiger partial charge >= 0.3 is 6.11 Å². The van der Waals surface area contributed by atoms with Gasteiger partial charge in [0.1, 0.15) is 5.75 Å². The summed E-state index contributed by atoms with van der Waals surface area (Å²) in [7, 11) is 0. The van der Waals surface area contributed by atoms with Gasteiger partial charge in [0.25, 0.3) is 5.63 Å². The Bertz CT molecular complexity index is 360. The molecule has 1 aromatic rings. The summed E-state index contributed by atoms with van der Waals surface area (Å²) in [4.78, 5) is 0. The van der Waals surface area contributed by atoms with Crippen LogP contribution in [0.5, 0.6) is 5.75 Å². The normalized spacial score (nSPS) is 13.7. The van der Waals surface area contributed by atoms with Gasteiger partial charge in [0.15, 0.2) is 0 Å². The average Bonchev–Trinajstić information content (AvgIpc) is 2.10. The summed E-state index contributed by atoms with van der Waals surface area (Å²) in [5.41, 5.74) is 2.45. The zero-order valence-electron chi connectivity index (χ0n) is 7.18. The minimum atomic E-state index is -4.11. The van der Waals surface area contributed by atoms with E-state index in [-0.39, 0.29) is 16.5 Å². The van der Waals surface area contributed by atoms with Gasteiger partial charge in [-0.15, -0.1) is 0 Å². The molecular weight excluding hydrogens is 254 g/mol. The van der Waals surface area contributed by atoms with Gasteiger partial charge < -0.3 is 10.5 Å². The molecule has 1 atom stereocenters. The molecule has 0 spiro atoms. The first kappa shape index (κ1) is 12.3. The van der Waals surface area contributed by atoms with Gasteiger partial charge in [-0.2, -0.15) is 8.78 Å². The van der Waals surface area contributed by atoms with E-state index in [0.29, 0.717) is 0 Å². The van der Waals surface area contributed by atoms with Crippen LogP contribution in [0.25, 0.3) is 0 Å². The van der Waals surface area contributed by atoms with E-state index in [1.54, 1.807) is 0 Å². The molecule has 2 nitrogen and oxygen atoms in total. The van der Waals surface area contributed by atoms with Crippen LogP contribution in [0.4, 0.5) is 18.9 Å². The largest absolute Gasteiger partial charge is 0.444 e. The predicted molar refractivity (Wildman–Crippen MR) is 52.2 cm³/mol. The summed E-state index contributed by atoms with van der Waals surface area (Å²) < 4.78 is 41.5. The van der Waals surface area contributed by atoms with E-state index in [2.05, 4.69) is 16.3 Å². The molecular formula is C8H6Cl2F3NO. The molecule has 1 aromatic carbocycles. The molecule has 0 fully saturated rings. The smallest absolute Gasteiger partial charge is 0.429 e. The number of nitrogen functional groups attached to an aromatic ring is 1. The number of nitrogens with two attached hydrogens (primary N) is 1. The van der Waals surface area contributed by atoms with Crippen molar-refractivity contribution in [1.29, 1.82) is 0 Å². The van der Waals surface area contributed by atoms with E-state index in [1.165, 1.54) is 6.07 Å². The molecule has 0 radical (unpaired) electrons. The Labute approximate surface area is 93.7 Å². The lowest BCUT2D eigenvalue weighted by Gasteiger charge is -2.17. The number of anilines is 1. The quantitative estimate of drug-likeness (QED) is 0.667. The van der Waals surface area contributed by atoms with Crippen molar-refractivity contribution >= 4 is 28.9 Å². The minimum absolute atomic E-state index is 0.0509. The maximum atomic E-state index is 12.7. The van der Waals surface area contributed by atoms with Crippen molar-refractivity contribution in [2.75, 3.05) is 5.73 Å². The molecule has 0 aliphatic carbocycles. The number of hydrogen-bond acceptors (Lipinski definition) is 2. The Kier molecular flexibility index (Phi) is 3.57. The second-order valence-corrected chi connectivity index (χ2v) is 3.44. The standard InChI is InChI=1S/C8H6Cl2F3NO/c9-5-2-1-4(3-6(5)14)15-8(12,13)7(10)11/h1-3,7H,14H2/t7-/m0/s1. The monoisotopic (exact) mass is 259 g/mol. The fraction of sp³-hybridized carbons (Fsp3) is 0.250. The summed E-state index contributed by atoms with van der Waals surface area (Å²) >= 11 is 10.1. The van der Waals surface area contributed by atoms with Crippen molar-refractivity contribution in [3.8, 4) is 5.75 Å². The Morgan fingerprint density at radius 1 is 1.40 bits per heavy atom. The summed E-state index contributed by atoms with van der Waals surface area (Å²) in [6.07, 6.45) is -4.11. The second-order valence-electron chi connectivity index (χ2n) is 2.65. The highest BCUT2D eigenvalue weighted by atomic mass is 35.5. The number of alkyl halides is 4. The number of rotatable bonds is 3. The van der Waals surface area contributed by atoms with Gasteiger partial charge in [-0.1, -0.05) is 23.2 Å². The van der Waals surface area contributed by atoms with Crippen LogP contribution >= 0.6 is 23.2 Å². The zero-order chi connectivity index (χ0) is 11.6. The van der Waals surface area contributed by atoms with Crippen LogP contribution in [-0.4, -0.2) is 11.7 Å². The molecule has 1 rings (SSSR count). The molecule has 0 heterocycles. The molecule has 0 amide bonds. The predicted octanol–water partition coefficient (Wildman–Crippen LogP) is 3.43. The van der Waals surface area contributed by atoms with Gasteiger partial charge in [-0.3, -0.25) is 0 Å². The van der Waals surface area contributed by atoms with Crippen LogP contribution in [0.15, 0.2) is 18.2 Å². The Morgan fingerprint density at radius 3 is 2.47 bits per heavy atom. The molecule has 7 heteroatoms. The molecule has 15 heavy (non-hydrogen) atoms. The third-order valence-corrected chi connectivity index (χ3v) is 2.07. The molecule has 0 saturated heterocycles. The Morgan fingerprint density at radius 2 is 2.00 bits per heavy atom. The summed E-state index contributed by atoms with van der Waals surface area (Å²) in [6, 6.07) is 3.44. The fourth-order valence-corrected chi connectivity index (χ4v) is 0.949. The topological polar surface area (TPSA) is 35.2 Å². The average molecular weight is 260 g/mol. The van der Waals surface area contributed by atoms with Gasteiger partial charge in [-0.05, 0) is 12.1 Å². The maximum Gasteiger partial charge on any atom is 0.444 e. The van der Waals surface area contributed by atoms with Crippen molar-refractivity contribution in [2.24, 2.45) is 0 Å². The van der Waals surface area contributed by atoms with Gasteiger partial charge in [0.2, 0.25) is 0 Å². The molecule has 84 valence electrons. The van der Waals surface area contributed by atoms with Crippen molar-refractivity contribution in [1.82, 2.24) is 0 Å². The lowest BCUT2D eigenvalue weighted by Crippen LogP contribution is -2.32. The van der Waals surface area contributed by atoms with E-state index in [0.717, 1.165) is 12.1 Å². The summed E-state index contributed by atoms with van der Waals surface area (Å²) in [5, 5.41) is 0.188. The van der Waals surface area contributed by atoms with Gasteiger partial charge in [-0.25, -0.2) is 4.39 Å². The Hall–Kier alpha value is -0.810. The van der Waals surface area contributed by atoms with Crippen LogP contribution in [0.3, 0.4) is 0 Å². The molecule has 2 N–H and O–H groups in total. The van der Waals surface area contributed by atoms with Gasteiger partial charge in [0, 0.05) is 6.07 Å². The van der Waals surface area contributed by atoms with Crippen LogP contribution in [0.1, 0.15) is 0 Å². The second kappa shape index (κ2) is 4.37. The first-order chi connectivity index (χ1) is 6.83. The van der Waals surface area contributed by atoms with E-state index < -0.39 is 11.7 Å². The number of ether oxygens (including phenoxy) is 1. The van der Waals surface area contributed by atoms with E-state index >= 15 is 0 Å². The summed E-state index contributed by atoms with van der Waals surface area (Å²) in [6.45, 7) is 0. The van der Waals surface area contributed by atoms with Crippen LogP contribution in [-0.2, 0) is 0 Å². The SMILES string of the molecule is Nc1cc(OC(F)(F)[C@H](F)Cl)ccc1Cl. The minimum Gasteiger partial charge on any atom is -0.429 e. The third-order valence-electron chi connectivity index (χ3n) is 1.48. The van der Waals surface area contributed by atoms with Crippen LogP contribution < -0.4 is 10.5 Å². The van der Waals surface area contributed by atoms with E-state index in [1.807, 2.05) is 0 Å². The van der Waals surface area contributed by atoms with Crippen molar-refractivity contribution < 1.29 is 17.9 Å². The molecule has 0 aromatic heterocycles. The summed E-state index contributed by atoms with van der Waals surface area (Å²) in [5.74, 6) is -0.315. The van der Waals surface area contributed by atoms with E-state index in [9.17, 15) is 13.2 Å². The van der Waals surface area contributed by atoms with Crippen molar-refractivity contribution in [3.63, 3.8) is 0 Å². The van der Waals surface area contributed by atoms with Crippen LogP contribution in [0, 0.1) is 0 Å². The highest BCUT2D eigenvalue weighted by molar-refractivity contribution is 6.33. The zero-order valence-corrected chi connectivity index (χ0v) is 8.70. The number of benzene rings is 1. The number of halogens is 5. The molecule has 0 aliphatic rings. The lowest BCUT2D eigenvalue weighted by atomic mass is 10.3. The maximum absolute atomic E-state index is 12.7. The Balaban J connectivity index is 2.86. The van der Waals surface area contributed by atoms with Crippen LogP contribution in [0.2, 0.25) is 5.02 Å². The van der Waals surface area contributed by atoms with Crippen molar-refractivity contribution in [2.45, 2.75) is 11.7 Å².